The van der Waals surface area contributed by atoms with Crippen LogP contribution in [0.15, 0.2) is 46.9 Å². The van der Waals surface area contributed by atoms with Crippen LogP contribution in [0.25, 0.3) is 0 Å². The van der Waals surface area contributed by atoms with E-state index in [2.05, 4.69) is 39.6 Å². The monoisotopic (exact) mass is 318 g/mol. The fourth-order valence-electron chi connectivity index (χ4n) is 2.46. The summed E-state index contributed by atoms with van der Waals surface area (Å²) in [4.78, 5) is 0. The molecule has 1 atom stereocenters. The van der Waals surface area contributed by atoms with Crippen LogP contribution in [0.4, 0.5) is 0 Å². The summed E-state index contributed by atoms with van der Waals surface area (Å²) >= 11 is 3.58. The number of hydrogen-bond acceptors (Lipinski definition) is 3. The largest absolute Gasteiger partial charge is 0.493 e. The minimum absolute atomic E-state index is 0.0264. The SMILES string of the molecule is NNC(c1ccc2c(c1)CCO2)c1ccccc1Br. The highest BCUT2D eigenvalue weighted by atomic mass is 79.9. The number of nitrogens with two attached hydrogens (primary N) is 1. The molecule has 2 aromatic rings. The zero-order valence-corrected chi connectivity index (χ0v) is 12.0. The van der Waals surface area contributed by atoms with Gasteiger partial charge in [-0.2, -0.15) is 0 Å². The first-order chi connectivity index (χ1) is 9.29. The third-order valence-corrected chi connectivity index (χ3v) is 4.15. The van der Waals surface area contributed by atoms with E-state index >= 15 is 0 Å². The van der Waals surface area contributed by atoms with E-state index in [9.17, 15) is 0 Å². The number of benzene rings is 2. The van der Waals surface area contributed by atoms with E-state index in [1.54, 1.807) is 0 Å². The van der Waals surface area contributed by atoms with Gasteiger partial charge >= 0.3 is 0 Å². The van der Waals surface area contributed by atoms with Crippen LogP contribution in [-0.2, 0) is 6.42 Å². The highest BCUT2D eigenvalue weighted by Crippen LogP contribution is 2.32. The molecule has 0 amide bonds. The molecule has 0 spiro atoms. The minimum atomic E-state index is -0.0264. The predicted molar refractivity (Wildman–Crippen MR) is 78.9 cm³/mol. The molecule has 98 valence electrons. The van der Waals surface area contributed by atoms with Crippen molar-refractivity contribution in [3.8, 4) is 5.75 Å². The number of hydrazine groups is 1. The Kier molecular flexibility index (Phi) is 3.55. The maximum absolute atomic E-state index is 5.75. The van der Waals surface area contributed by atoms with Gasteiger partial charge < -0.3 is 4.74 Å². The number of hydrogen-bond donors (Lipinski definition) is 2. The first kappa shape index (κ1) is 12.7. The molecule has 0 saturated heterocycles. The lowest BCUT2D eigenvalue weighted by atomic mass is 9.97. The van der Waals surface area contributed by atoms with Crippen molar-refractivity contribution < 1.29 is 4.74 Å². The molecule has 0 aliphatic carbocycles. The Morgan fingerprint density at radius 1 is 1.21 bits per heavy atom. The fourth-order valence-corrected chi connectivity index (χ4v) is 2.97. The van der Waals surface area contributed by atoms with Crippen molar-refractivity contribution in [2.75, 3.05) is 6.61 Å². The third-order valence-electron chi connectivity index (χ3n) is 3.43. The zero-order valence-electron chi connectivity index (χ0n) is 10.4. The Hall–Kier alpha value is -1.36. The molecule has 3 nitrogen and oxygen atoms in total. The molecule has 0 aromatic heterocycles. The van der Waals surface area contributed by atoms with E-state index in [-0.39, 0.29) is 6.04 Å². The molecule has 3 N–H and O–H groups in total. The van der Waals surface area contributed by atoms with Gasteiger partial charge in [0.15, 0.2) is 0 Å². The van der Waals surface area contributed by atoms with E-state index in [1.165, 1.54) is 5.56 Å². The van der Waals surface area contributed by atoms with Gasteiger partial charge in [-0.15, -0.1) is 0 Å². The van der Waals surface area contributed by atoms with Gasteiger partial charge in [0.1, 0.15) is 5.75 Å². The van der Waals surface area contributed by atoms with Crippen molar-refractivity contribution >= 4 is 15.9 Å². The first-order valence-electron chi connectivity index (χ1n) is 6.26. The second-order valence-corrected chi connectivity index (χ2v) is 5.44. The number of fused-ring (bicyclic) bond motifs is 1. The Labute approximate surface area is 120 Å². The lowest BCUT2D eigenvalue weighted by Gasteiger charge is -2.19. The smallest absolute Gasteiger partial charge is 0.122 e. The summed E-state index contributed by atoms with van der Waals surface area (Å²) < 4.78 is 6.59. The second kappa shape index (κ2) is 5.33. The molecule has 4 heteroatoms. The molecule has 2 aromatic carbocycles. The Morgan fingerprint density at radius 3 is 2.84 bits per heavy atom. The average Bonchev–Trinajstić information content (AvgIpc) is 2.89. The summed E-state index contributed by atoms with van der Waals surface area (Å²) in [5.74, 6) is 6.74. The zero-order chi connectivity index (χ0) is 13.2. The van der Waals surface area contributed by atoms with Gasteiger partial charge in [-0.25, -0.2) is 5.43 Å². The molecule has 0 fully saturated rings. The summed E-state index contributed by atoms with van der Waals surface area (Å²) in [7, 11) is 0. The summed E-state index contributed by atoms with van der Waals surface area (Å²) in [6.07, 6.45) is 0.969. The molecule has 1 aliphatic heterocycles. The Bertz CT molecular complexity index is 600. The number of nitrogens with one attached hydrogen (secondary N) is 1. The summed E-state index contributed by atoms with van der Waals surface area (Å²) in [5, 5.41) is 0. The van der Waals surface area contributed by atoms with Gasteiger partial charge in [-0.1, -0.05) is 46.3 Å². The van der Waals surface area contributed by atoms with E-state index < -0.39 is 0 Å². The first-order valence-corrected chi connectivity index (χ1v) is 7.05. The van der Waals surface area contributed by atoms with Gasteiger partial charge in [0.2, 0.25) is 0 Å². The molecular weight excluding hydrogens is 304 g/mol. The summed E-state index contributed by atoms with van der Waals surface area (Å²) in [5.41, 5.74) is 6.43. The standard InChI is InChI=1S/C15H15BrN2O/c16-13-4-2-1-3-12(13)15(18-17)11-5-6-14-10(9-11)7-8-19-14/h1-6,9,15,18H,7-8,17H2. The maximum Gasteiger partial charge on any atom is 0.122 e. The highest BCUT2D eigenvalue weighted by molar-refractivity contribution is 9.10. The molecular formula is C15H15BrN2O. The topological polar surface area (TPSA) is 47.3 Å². The fraction of sp³-hybridized carbons (Fsp3) is 0.200. The molecule has 1 aliphatic rings. The Balaban J connectivity index is 2.01. The highest BCUT2D eigenvalue weighted by Gasteiger charge is 2.18. The normalized spacial score (nSPS) is 14.8. The van der Waals surface area contributed by atoms with Crippen molar-refractivity contribution in [3.63, 3.8) is 0 Å². The molecule has 1 heterocycles. The van der Waals surface area contributed by atoms with Crippen molar-refractivity contribution in [2.45, 2.75) is 12.5 Å². The number of rotatable bonds is 3. The van der Waals surface area contributed by atoms with Gasteiger partial charge in [0.05, 0.1) is 12.6 Å². The molecule has 0 radical (unpaired) electrons. The van der Waals surface area contributed by atoms with Crippen molar-refractivity contribution in [2.24, 2.45) is 5.84 Å². The van der Waals surface area contributed by atoms with E-state index in [4.69, 9.17) is 10.6 Å². The van der Waals surface area contributed by atoms with Crippen LogP contribution in [0.1, 0.15) is 22.7 Å². The van der Waals surface area contributed by atoms with E-state index in [0.29, 0.717) is 0 Å². The number of ether oxygens (including phenoxy) is 1. The quantitative estimate of drug-likeness (QED) is 0.675. The predicted octanol–water partition coefficient (Wildman–Crippen LogP) is 2.94. The van der Waals surface area contributed by atoms with Gasteiger partial charge in [0.25, 0.3) is 0 Å². The Morgan fingerprint density at radius 2 is 2.05 bits per heavy atom. The lowest BCUT2D eigenvalue weighted by Crippen LogP contribution is -2.29. The maximum atomic E-state index is 5.75. The van der Waals surface area contributed by atoms with Crippen LogP contribution in [-0.4, -0.2) is 6.61 Å². The summed E-state index contributed by atoms with van der Waals surface area (Å²) in [6.45, 7) is 0.772. The van der Waals surface area contributed by atoms with E-state index in [1.807, 2.05) is 24.3 Å². The van der Waals surface area contributed by atoms with Crippen molar-refractivity contribution in [1.82, 2.24) is 5.43 Å². The van der Waals surface area contributed by atoms with E-state index in [0.717, 1.165) is 34.4 Å². The van der Waals surface area contributed by atoms with Crippen LogP contribution in [0, 0.1) is 0 Å². The van der Waals surface area contributed by atoms with Gasteiger partial charge in [-0.05, 0) is 28.8 Å². The number of halogens is 1. The summed E-state index contributed by atoms with van der Waals surface area (Å²) in [6, 6.07) is 14.3. The lowest BCUT2D eigenvalue weighted by molar-refractivity contribution is 0.357. The van der Waals surface area contributed by atoms with Crippen LogP contribution >= 0.6 is 15.9 Å². The van der Waals surface area contributed by atoms with Crippen LogP contribution in [0.5, 0.6) is 5.75 Å². The van der Waals surface area contributed by atoms with Crippen molar-refractivity contribution in [1.29, 1.82) is 0 Å². The third kappa shape index (κ3) is 2.39. The van der Waals surface area contributed by atoms with Crippen LogP contribution in [0.2, 0.25) is 0 Å². The van der Waals surface area contributed by atoms with Crippen LogP contribution in [0.3, 0.4) is 0 Å². The van der Waals surface area contributed by atoms with Gasteiger partial charge in [-0.3, -0.25) is 5.84 Å². The van der Waals surface area contributed by atoms with Gasteiger partial charge in [0, 0.05) is 10.9 Å². The van der Waals surface area contributed by atoms with Crippen LogP contribution < -0.4 is 16.0 Å². The van der Waals surface area contributed by atoms with Crippen molar-refractivity contribution in [3.05, 3.63) is 63.6 Å². The molecule has 3 rings (SSSR count). The minimum Gasteiger partial charge on any atom is -0.493 e. The molecule has 0 saturated carbocycles. The molecule has 0 bridgehead atoms. The molecule has 19 heavy (non-hydrogen) atoms. The second-order valence-electron chi connectivity index (χ2n) is 4.59. The molecule has 1 unspecified atom stereocenters. The average molecular weight is 319 g/mol.